The van der Waals surface area contributed by atoms with E-state index in [1.807, 2.05) is 31.2 Å². The molecular weight excluding hydrogens is 364 g/mol. The summed E-state index contributed by atoms with van der Waals surface area (Å²) in [5.74, 6) is -2.66. The van der Waals surface area contributed by atoms with Crippen molar-refractivity contribution < 1.29 is 24.0 Å². The summed E-state index contributed by atoms with van der Waals surface area (Å²) in [7, 11) is 0. The van der Waals surface area contributed by atoms with Crippen LogP contribution in [0.4, 0.5) is 0 Å². The predicted octanol–water partition coefficient (Wildman–Crippen LogP) is 2.05. The number of ether oxygens (including phenoxy) is 1. The van der Waals surface area contributed by atoms with Crippen LogP contribution in [-0.4, -0.2) is 35.2 Å². The predicted molar refractivity (Wildman–Crippen MR) is 101 cm³/mol. The summed E-state index contributed by atoms with van der Waals surface area (Å²) in [5.41, 5.74) is 2.04. The minimum Gasteiger partial charge on any atom is -0.453 e. The number of nitrogens with one attached hydrogen (secondary N) is 1. The highest BCUT2D eigenvalue weighted by Crippen LogP contribution is 2.36. The van der Waals surface area contributed by atoms with Crippen LogP contribution in [0.3, 0.4) is 0 Å². The third-order valence-corrected chi connectivity index (χ3v) is 5.20. The zero-order valence-electron chi connectivity index (χ0n) is 16.3. The molecule has 0 radical (unpaired) electrons. The number of benzene rings is 1. The van der Waals surface area contributed by atoms with Crippen LogP contribution in [0.1, 0.15) is 37.8 Å². The van der Waals surface area contributed by atoms with Gasteiger partial charge in [0.1, 0.15) is 5.78 Å². The van der Waals surface area contributed by atoms with Crippen LogP contribution in [0, 0.1) is 34.8 Å². The maximum Gasteiger partial charge on any atom is 0.307 e. The van der Waals surface area contributed by atoms with E-state index in [1.54, 1.807) is 6.92 Å². The Kier molecular flexibility index (Phi) is 7.25. The van der Waals surface area contributed by atoms with E-state index in [1.165, 1.54) is 6.92 Å². The molecule has 0 bridgehead atoms. The number of Topliss-reactive ketones (excluding diaryl/α,β-unsaturated/α-hetero) is 1. The van der Waals surface area contributed by atoms with Crippen molar-refractivity contribution in [2.45, 2.75) is 46.3 Å². The molecule has 0 unspecified atom stereocenters. The van der Waals surface area contributed by atoms with Crippen LogP contribution >= 0.6 is 0 Å². The summed E-state index contributed by atoms with van der Waals surface area (Å²) in [5, 5.41) is 13.5. The molecule has 152 valence electrons. The summed E-state index contributed by atoms with van der Waals surface area (Å²) in [6, 6.07) is 7.67. The van der Waals surface area contributed by atoms with Gasteiger partial charge in [-0.1, -0.05) is 36.8 Å². The third-order valence-electron chi connectivity index (χ3n) is 5.20. The van der Waals surface area contributed by atoms with Gasteiger partial charge in [-0.2, -0.15) is 0 Å². The lowest BCUT2D eigenvalue weighted by Gasteiger charge is -2.18. The van der Waals surface area contributed by atoms with Crippen molar-refractivity contribution >= 4 is 17.7 Å². The highest BCUT2D eigenvalue weighted by atomic mass is 16.6. The standard InChI is InChI=1S/C20H26N2O6/c1-12-4-6-15(7-5-12)10-21-20(25)14(3)28-19(24)9-16-17(11-22(26)27)13(2)8-18(16)23/h4-7,13-14,16-17H,8-11H2,1-3H3,(H,21,25)/t13-,14+,16+,17-/m1/s1. The fourth-order valence-electron chi connectivity index (χ4n) is 3.52. The van der Waals surface area contributed by atoms with E-state index in [2.05, 4.69) is 5.32 Å². The first kappa shape index (κ1) is 21.5. The van der Waals surface area contributed by atoms with Gasteiger partial charge < -0.3 is 10.1 Å². The lowest BCUT2D eigenvalue weighted by Crippen LogP contribution is -2.36. The average molecular weight is 390 g/mol. The summed E-state index contributed by atoms with van der Waals surface area (Å²) >= 11 is 0. The summed E-state index contributed by atoms with van der Waals surface area (Å²) < 4.78 is 5.15. The molecule has 1 fully saturated rings. The van der Waals surface area contributed by atoms with E-state index >= 15 is 0 Å². The first-order chi connectivity index (χ1) is 13.2. The fourth-order valence-corrected chi connectivity index (χ4v) is 3.52. The van der Waals surface area contributed by atoms with Gasteiger partial charge in [0.05, 0.1) is 6.42 Å². The monoisotopic (exact) mass is 390 g/mol. The molecular formula is C20H26N2O6. The smallest absolute Gasteiger partial charge is 0.307 e. The second kappa shape index (κ2) is 9.43. The Morgan fingerprint density at radius 1 is 1.32 bits per heavy atom. The zero-order valence-corrected chi connectivity index (χ0v) is 16.3. The Hall–Kier alpha value is -2.77. The molecule has 8 heteroatoms. The molecule has 0 spiro atoms. The van der Waals surface area contributed by atoms with E-state index in [0.29, 0.717) is 6.54 Å². The van der Waals surface area contributed by atoms with Gasteiger partial charge in [-0.25, -0.2) is 0 Å². The van der Waals surface area contributed by atoms with Crippen molar-refractivity contribution in [1.82, 2.24) is 5.32 Å². The minimum absolute atomic E-state index is 0.147. The zero-order chi connectivity index (χ0) is 20.8. The van der Waals surface area contributed by atoms with Crippen molar-refractivity contribution in [1.29, 1.82) is 0 Å². The number of hydrogen-bond acceptors (Lipinski definition) is 6. The normalized spacial score (nSPS) is 22.5. The maximum absolute atomic E-state index is 12.2. The molecule has 0 saturated heterocycles. The lowest BCUT2D eigenvalue weighted by molar-refractivity contribution is -0.490. The topological polar surface area (TPSA) is 116 Å². The van der Waals surface area contributed by atoms with Crippen LogP contribution in [0.25, 0.3) is 0 Å². The fraction of sp³-hybridized carbons (Fsp3) is 0.550. The molecule has 1 aromatic rings. The van der Waals surface area contributed by atoms with Gasteiger partial charge in [-0.3, -0.25) is 24.5 Å². The second-order valence-electron chi connectivity index (χ2n) is 7.47. The summed E-state index contributed by atoms with van der Waals surface area (Å²) in [4.78, 5) is 46.8. The molecule has 0 aliphatic heterocycles. The van der Waals surface area contributed by atoms with Crippen LogP contribution in [0.5, 0.6) is 0 Å². The summed E-state index contributed by atoms with van der Waals surface area (Å²) in [6.45, 7) is 5.16. The lowest BCUT2D eigenvalue weighted by atomic mass is 9.88. The molecule has 1 aliphatic rings. The highest BCUT2D eigenvalue weighted by molar-refractivity contribution is 5.89. The quantitative estimate of drug-likeness (QED) is 0.413. The van der Waals surface area contributed by atoms with Gasteiger partial charge in [0.2, 0.25) is 6.54 Å². The molecule has 28 heavy (non-hydrogen) atoms. The van der Waals surface area contributed by atoms with Crippen LogP contribution in [-0.2, 0) is 25.7 Å². The Morgan fingerprint density at radius 3 is 2.57 bits per heavy atom. The van der Waals surface area contributed by atoms with Gasteiger partial charge >= 0.3 is 5.97 Å². The SMILES string of the molecule is Cc1ccc(CNC(=O)[C@H](C)OC(=O)C[C@@H]2C(=O)C[C@@H](C)[C@H]2C[N+](=O)[O-])cc1. The van der Waals surface area contributed by atoms with E-state index in [-0.39, 0.29) is 31.1 Å². The number of nitro groups is 1. The Balaban J connectivity index is 1.85. The number of carbonyl (C=O) groups is 3. The van der Waals surface area contributed by atoms with Gasteiger partial charge in [0.25, 0.3) is 5.91 Å². The Bertz CT molecular complexity index is 746. The van der Waals surface area contributed by atoms with Crippen molar-refractivity contribution in [3.8, 4) is 0 Å². The Labute approximate surface area is 163 Å². The second-order valence-corrected chi connectivity index (χ2v) is 7.47. The van der Waals surface area contributed by atoms with Crippen molar-refractivity contribution in [3.05, 3.63) is 45.5 Å². The minimum atomic E-state index is -1.01. The van der Waals surface area contributed by atoms with E-state index in [9.17, 15) is 24.5 Å². The number of esters is 1. The molecule has 1 saturated carbocycles. The van der Waals surface area contributed by atoms with Gasteiger partial charge in [0, 0.05) is 29.7 Å². The maximum atomic E-state index is 12.2. The molecule has 1 aromatic carbocycles. The number of carbonyl (C=O) groups excluding carboxylic acids is 3. The molecule has 1 N–H and O–H groups in total. The first-order valence-electron chi connectivity index (χ1n) is 9.34. The number of rotatable bonds is 8. The molecule has 0 heterocycles. The van der Waals surface area contributed by atoms with Gasteiger partial charge in [-0.15, -0.1) is 0 Å². The third kappa shape index (κ3) is 5.87. The molecule has 0 aromatic heterocycles. The Morgan fingerprint density at radius 2 is 1.96 bits per heavy atom. The van der Waals surface area contributed by atoms with Crippen molar-refractivity contribution in [3.63, 3.8) is 0 Å². The highest BCUT2D eigenvalue weighted by Gasteiger charge is 2.44. The van der Waals surface area contributed by atoms with Crippen molar-refractivity contribution in [2.75, 3.05) is 6.54 Å². The van der Waals surface area contributed by atoms with E-state index in [4.69, 9.17) is 4.74 Å². The number of hydrogen-bond donors (Lipinski definition) is 1. The number of nitrogens with zero attached hydrogens (tertiary/aromatic N) is 1. The van der Waals surface area contributed by atoms with Crippen molar-refractivity contribution in [2.24, 2.45) is 17.8 Å². The van der Waals surface area contributed by atoms with Crippen LogP contribution in [0.2, 0.25) is 0 Å². The van der Waals surface area contributed by atoms with Crippen LogP contribution in [0.15, 0.2) is 24.3 Å². The summed E-state index contributed by atoms with van der Waals surface area (Å²) in [6.07, 6.45) is -1.03. The number of amides is 1. The van der Waals surface area contributed by atoms with Gasteiger partial charge in [0.15, 0.2) is 6.10 Å². The average Bonchev–Trinajstić information content (AvgIpc) is 2.87. The largest absolute Gasteiger partial charge is 0.453 e. The van der Waals surface area contributed by atoms with Gasteiger partial charge in [-0.05, 0) is 25.3 Å². The molecule has 4 atom stereocenters. The molecule has 1 amide bonds. The van der Waals surface area contributed by atoms with Crippen LogP contribution < -0.4 is 5.32 Å². The molecule has 1 aliphatic carbocycles. The molecule has 8 nitrogen and oxygen atoms in total. The van der Waals surface area contributed by atoms with E-state index in [0.717, 1.165) is 11.1 Å². The first-order valence-corrected chi connectivity index (χ1v) is 9.34. The number of ketones is 1. The molecule has 2 rings (SSSR count). The van der Waals surface area contributed by atoms with E-state index < -0.39 is 34.7 Å². The number of aryl methyl sites for hydroxylation is 1.